The molecule has 1 amide bonds. The summed E-state index contributed by atoms with van der Waals surface area (Å²) in [5.41, 5.74) is 4.70. The van der Waals surface area contributed by atoms with E-state index in [2.05, 4.69) is 4.98 Å². The van der Waals surface area contributed by atoms with Gasteiger partial charge in [-0.2, -0.15) is 0 Å². The van der Waals surface area contributed by atoms with E-state index in [-0.39, 0.29) is 18.1 Å². The highest BCUT2D eigenvalue weighted by atomic mass is 16.3. The second-order valence-electron chi connectivity index (χ2n) is 6.35. The van der Waals surface area contributed by atoms with Crippen LogP contribution in [0.1, 0.15) is 31.3 Å². The minimum absolute atomic E-state index is 0.0341. The Morgan fingerprint density at radius 3 is 2.66 bits per heavy atom. The second kappa shape index (κ2) is 8.96. The second-order valence-corrected chi connectivity index (χ2v) is 6.35. The maximum atomic E-state index is 12.9. The summed E-state index contributed by atoms with van der Waals surface area (Å²) in [5, 5.41) is 0. The lowest BCUT2D eigenvalue weighted by atomic mass is 10.3. The number of carbonyl (C=O) groups is 1. The number of rotatable bonds is 8. The molecule has 3 aromatic rings. The Hall–Kier alpha value is -3.75. The number of unbranched alkanes of at least 4 members (excludes halogenated alkanes) is 1. The van der Waals surface area contributed by atoms with Crippen LogP contribution in [0.2, 0.25) is 0 Å². The first-order valence-electron chi connectivity index (χ1n) is 9.19. The van der Waals surface area contributed by atoms with Crippen molar-refractivity contribution in [2.24, 2.45) is 0 Å². The van der Waals surface area contributed by atoms with Gasteiger partial charge in [0.05, 0.1) is 19.1 Å². The molecule has 0 unspecified atom stereocenters. The van der Waals surface area contributed by atoms with Gasteiger partial charge >= 0.3 is 5.69 Å². The quantitative estimate of drug-likeness (QED) is 0.561. The number of anilines is 2. The fourth-order valence-corrected chi connectivity index (χ4v) is 2.83. The third kappa shape index (κ3) is 4.57. The summed E-state index contributed by atoms with van der Waals surface area (Å²) in [6.07, 6.45) is 7.22. The number of nitrogens with two attached hydrogens (primary N) is 1. The number of nitrogens with zero attached hydrogens (tertiary/aromatic N) is 2. The van der Waals surface area contributed by atoms with E-state index in [0.717, 1.165) is 6.42 Å². The van der Waals surface area contributed by atoms with Crippen molar-refractivity contribution in [1.29, 1.82) is 0 Å². The molecule has 0 aliphatic carbocycles. The molecule has 0 spiro atoms. The van der Waals surface area contributed by atoms with Crippen molar-refractivity contribution in [1.82, 2.24) is 9.55 Å². The van der Waals surface area contributed by atoms with Gasteiger partial charge in [-0.1, -0.05) is 13.3 Å². The molecular weight excluding hydrogens is 376 g/mol. The molecule has 152 valence electrons. The van der Waals surface area contributed by atoms with Crippen molar-refractivity contribution in [3.8, 4) is 0 Å². The van der Waals surface area contributed by atoms with Gasteiger partial charge in [-0.3, -0.25) is 24.0 Å². The zero-order valence-corrected chi connectivity index (χ0v) is 16.0. The van der Waals surface area contributed by atoms with Crippen LogP contribution in [0.25, 0.3) is 6.08 Å². The van der Waals surface area contributed by atoms with Crippen LogP contribution in [0.4, 0.5) is 11.5 Å². The Kier molecular flexibility index (Phi) is 6.18. The SMILES string of the molecule is CCCCn1c(N)c(N(Cc2ccco2)C(=O)/C=C/c2ccco2)c(=O)[nH]c1=O. The summed E-state index contributed by atoms with van der Waals surface area (Å²) in [7, 11) is 0. The predicted octanol–water partition coefficient (Wildman–Crippen LogP) is 2.35. The van der Waals surface area contributed by atoms with Gasteiger partial charge in [0.2, 0.25) is 0 Å². The van der Waals surface area contributed by atoms with Gasteiger partial charge in [-0.05, 0) is 36.8 Å². The van der Waals surface area contributed by atoms with Gasteiger partial charge < -0.3 is 14.6 Å². The van der Waals surface area contributed by atoms with Crippen molar-refractivity contribution >= 4 is 23.5 Å². The summed E-state index contributed by atoms with van der Waals surface area (Å²) >= 11 is 0. The molecule has 0 saturated heterocycles. The maximum absolute atomic E-state index is 12.9. The topological polar surface area (TPSA) is 127 Å². The van der Waals surface area contributed by atoms with Gasteiger partial charge in [0.15, 0.2) is 5.69 Å². The van der Waals surface area contributed by atoms with Crippen LogP contribution in [0.5, 0.6) is 0 Å². The molecule has 9 heteroatoms. The Morgan fingerprint density at radius 2 is 2.00 bits per heavy atom. The van der Waals surface area contributed by atoms with Gasteiger partial charge in [-0.15, -0.1) is 0 Å². The number of carbonyl (C=O) groups excluding carboxylic acids is 1. The van der Waals surface area contributed by atoms with Crippen LogP contribution in [0.3, 0.4) is 0 Å². The number of hydrogen-bond acceptors (Lipinski definition) is 6. The number of H-pyrrole nitrogens is 1. The first-order chi connectivity index (χ1) is 14.0. The summed E-state index contributed by atoms with van der Waals surface area (Å²) in [6, 6.07) is 6.73. The minimum Gasteiger partial charge on any atom is -0.467 e. The standard InChI is InChI=1S/C20H22N4O5/c1-2-3-10-23-18(21)17(19(26)22-20(23)27)24(13-15-7-5-12-29-15)16(25)9-8-14-6-4-11-28-14/h4-9,11-12H,2-3,10,13,21H2,1H3,(H,22,26,27)/b9-8+. The minimum atomic E-state index is -0.744. The molecule has 0 bridgehead atoms. The lowest BCUT2D eigenvalue weighted by molar-refractivity contribution is -0.114. The van der Waals surface area contributed by atoms with Gasteiger partial charge in [0, 0.05) is 12.6 Å². The smallest absolute Gasteiger partial charge is 0.330 e. The molecule has 29 heavy (non-hydrogen) atoms. The fraction of sp³-hybridized carbons (Fsp3) is 0.250. The zero-order chi connectivity index (χ0) is 20.8. The molecule has 3 aromatic heterocycles. The number of furan rings is 2. The molecule has 9 nitrogen and oxygen atoms in total. The fourth-order valence-electron chi connectivity index (χ4n) is 2.83. The van der Waals surface area contributed by atoms with Gasteiger partial charge in [0.1, 0.15) is 17.3 Å². The third-order valence-electron chi connectivity index (χ3n) is 4.31. The van der Waals surface area contributed by atoms with Crippen LogP contribution in [-0.4, -0.2) is 15.5 Å². The Morgan fingerprint density at radius 1 is 1.24 bits per heavy atom. The average Bonchev–Trinajstić information content (AvgIpc) is 3.39. The van der Waals surface area contributed by atoms with Gasteiger partial charge in [0.25, 0.3) is 11.5 Å². The van der Waals surface area contributed by atoms with E-state index in [1.807, 2.05) is 6.92 Å². The van der Waals surface area contributed by atoms with Crippen molar-refractivity contribution in [2.45, 2.75) is 32.9 Å². The molecule has 0 aliphatic rings. The Bertz CT molecular complexity index is 1090. The van der Waals surface area contributed by atoms with Crippen LogP contribution in [0, 0.1) is 0 Å². The largest absolute Gasteiger partial charge is 0.467 e. The summed E-state index contributed by atoms with van der Waals surface area (Å²) in [4.78, 5) is 41.1. The maximum Gasteiger partial charge on any atom is 0.330 e. The molecule has 3 heterocycles. The monoisotopic (exact) mass is 398 g/mol. The van der Waals surface area contributed by atoms with E-state index >= 15 is 0 Å². The molecule has 3 rings (SSSR count). The van der Waals surface area contributed by atoms with E-state index in [1.54, 1.807) is 24.3 Å². The summed E-state index contributed by atoms with van der Waals surface area (Å²) in [5.74, 6) is 0.343. The van der Waals surface area contributed by atoms with Crippen LogP contribution in [0.15, 0.2) is 61.3 Å². The lowest BCUT2D eigenvalue weighted by Crippen LogP contribution is -2.40. The molecule has 0 radical (unpaired) electrons. The normalized spacial score (nSPS) is 11.2. The van der Waals surface area contributed by atoms with Crippen molar-refractivity contribution < 1.29 is 13.6 Å². The predicted molar refractivity (Wildman–Crippen MR) is 108 cm³/mol. The van der Waals surface area contributed by atoms with E-state index in [1.165, 1.54) is 34.1 Å². The van der Waals surface area contributed by atoms with E-state index < -0.39 is 17.2 Å². The molecule has 0 fully saturated rings. The molecule has 0 aromatic carbocycles. The number of amides is 1. The van der Waals surface area contributed by atoms with Crippen molar-refractivity contribution in [2.75, 3.05) is 10.6 Å². The van der Waals surface area contributed by atoms with Crippen molar-refractivity contribution in [3.05, 3.63) is 75.2 Å². The molecular formula is C20H22N4O5. The van der Waals surface area contributed by atoms with Crippen LogP contribution in [-0.2, 0) is 17.9 Å². The molecule has 0 aliphatic heterocycles. The molecule has 0 saturated carbocycles. The van der Waals surface area contributed by atoms with E-state index in [4.69, 9.17) is 14.6 Å². The number of hydrogen-bond donors (Lipinski definition) is 2. The van der Waals surface area contributed by atoms with Crippen LogP contribution >= 0.6 is 0 Å². The van der Waals surface area contributed by atoms with E-state index in [9.17, 15) is 14.4 Å². The molecule has 3 N–H and O–H groups in total. The highest BCUT2D eigenvalue weighted by molar-refractivity contribution is 6.04. The lowest BCUT2D eigenvalue weighted by Gasteiger charge is -2.22. The first-order valence-corrected chi connectivity index (χ1v) is 9.19. The number of nitrogen functional groups attached to an aromatic ring is 1. The first kappa shape index (κ1) is 20.0. The Balaban J connectivity index is 2.04. The summed E-state index contributed by atoms with van der Waals surface area (Å²) in [6.45, 7) is 2.27. The number of nitrogens with one attached hydrogen (secondary N) is 1. The highest BCUT2D eigenvalue weighted by Gasteiger charge is 2.24. The van der Waals surface area contributed by atoms with E-state index in [0.29, 0.717) is 24.5 Å². The molecule has 0 atom stereocenters. The highest BCUT2D eigenvalue weighted by Crippen LogP contribution is 2.21. The third-order valence-corrected chi connectivity index (χ3v) is 4.31. The number of aromatic amines is 1. The number of aromatic nitrogens is 2. The van der Waals surface area contributed by atoms with Crippen LogP contribution < -0.4 is 21.9 Å². The zero-order valence-electron chi connectivity index (χ0n) is 16.0. The Labute approximate surface area is 166 Å². The van der Waals surface area contributed by atoms with Crippen molar-refractivity contribution in [3.63, 3.8) is 0 Å². The van der Waals surface area contributed by atoms with Gasteiger partial charge in [-0.25, -0.2) is 4.79 Å². The average molecular weight is 398 g/mol. The summed E-state index contributed by atoms with van der Waals surface area (Å²) < 4.78 is 11.8.